The molecule has 0 heterocycles. The van der Waals surface area contributed by atoms with Gasteiger partial charge in [0, 0.05) is 20.2 Å². The summed E-state index contributed by atoms with van der Waals surface area (Å²) in [5.41, 5.74) is 1.11. The molecule has 18 heavy (non-hydrogen) atoms. The molecule has 5 heteroatoms. The van der Waals surface area contributed by atoms with Crippen LogP contribution in [0.2, 0.25) is 10.0 Å². The molecule has 0 saturated carbocycles. The molecule has 0 bridgehead atoms. The normalized spacial score (nSPS) is 10.2. The molecule has 1 N–H and O–H groups in total. The van der Waals surface area contributed by atoms with E-state index >= 15 is 0 Å². The van der Waals surface area contributed by atoms with Crippen LogP contribution in [0.5, 0.6) is 0 Å². The molecular weight excluding hydrogens is 337 g/mol. The Labute approximate surface area is 123 Å². The van der Waals surface area contributed by atoms with Gasteiger partial charge in [0.1, 0.15) is 0 Å². The average Bonchev–Trinajstić information content (AvgIpc) is 2.27. The molecule has 0 aromatic heterocycles. The highest BCUT2D eigenvalue weighted by atomic mass is 79.9. The van der Waals surface area contributed by atoms with Gasteiger partial charge in [-0.25, -0.2) is 0 Å². The molecule has 0 atom stereocenters. The predicted molar refractivity (Wildman–Crippen MR) is 78.6 cm³/mol. The molecular formula is C13H8BrCl2NO. The summed E-state index contributed by atoms with van der Waals surface area (Å²) in [6.07, 6.45) is 0. The topological polar surface area (TPSA) is 29.1 Å². The lowest BCUT2D eigenvalue weighted by atomic mass is 10.2. The van der Waals surface area contributed by atoms with Crippen molar-refractivity contribution in [2.24, 2.45) is 0 Å². The van der Waals surface area contributed by atoms with E-state index in [1.807, 2.05) is 6.07 Å². The van der Waals surface area contributed by atoms with Crippen LogP contribution in [0, 0.1) is 0 Å². The minimum Gasteiger partial charge on any atom is -0.322 e. The summed E-state index contributed by atoms with van der Waals surface area (Å²) in [6.45, 7) is 0. The molecule has 2 nitrogen and oxygen atoms in total. The van der Waals surface area contributed by atoms with Crippen LogP contribution in [-0.4, -0.2) is 5.91 Å². The highest BCUT2D eigenvalue weighted by Gasteiger charge is 2.10. The van der Waals surface area contributed by atoms with Crippen molar-refractivity contribution in [1.29, 1.82) is 0 Å². The minimum absolute atomic E-state index is 0.221. The van der Waals surface area contributed by atoms with Gasteiger partial charge in [0.15, 0.2) is 0 Å². The van der Waals surface area contributed by atoms with Gasteiger partial charge < -0.3 is 5.32 Å². The number of amides is 1. The molecule has 92 valence electrons. The van der Waals surface area contributed by atoms with E-state index in [0.29, 0.717) is 21.3 Å². The lowest BCUT2D eigenvalue weighted by molar-refractivity contribution is 0.102. The first-order valence-electron chi connectivity index (χ1n) is 5.08. The van der Waals surface area contributed by atoms with E-state index in [-0.39, 0.29) is 5.91 Å². The number of anilines is 1. The van der Waals surface area contributed by atoms with Gasteiger partial charge >= 0.3 is 0 Å². The smallest absolute Gasteiger partial charge is 0.256 e. The van der Waals surface area contributed by atoms with Crippen LogP contribution in [0.25, 0.3) is 0 Å². The Morgan fingerprint density at radius 3 is 2.28 bits per heavy atom. The van der Waals surface area contributed by atoms with E-state index in [0.717, 1.165) is 4.47 Å². The van der Waals surface area contributed by atoms with E-state index in [1.165, 1.54) is 0 Å². The molecule has 0 aliphatic heterocycles. The Morgan fingerprint density at radius 1 is 1.06 bits per heavy atom. The molecule has 0 spiro atoms. The first-order chi connectivity index (χ1) is 8.56. The number of carbonyl (C=O) groups excluding carboxylic acids is 1. The first kappa shape index (κ1) is 13.4. The summed E-state index contributed by atoms with van der Waals surface area (Å²) in [6, 6.07) is 12.1. The second-order valence-electron chi connectivity index (χ2n) is 3.59. The monoisotopic (exact) mass is 343 g/mol. The molecule has 0 aliphatic carbocycles. The Kier molecular flexibility index (Phi) is 4.27. The predicted octanol–water partition coefficient (Wildman–Crippen LogP) is 5.01. The Balaban J connectivity index is 2.24. The van der Waals surface area contributed by atoms with Gasteiger partial charge in [0.2, 0.25) is 0 Å². The van der Waals surface area contributed by atoms with Gasteiger partial charge in [-0.15, -0.1) is 0 Å². The van der Waals surface area contributed by atoms with Gasteiger partial charge in [-0.3, -0.25) is 4.79 Å². The van der Waals surface area contributed by atoms with Crippen molar-refractivity contribution in [3.63, 3.8) is 0 Å². The third-order valence-corrected chi connectivity index (χ3v) is 3.37. The van der Waals surface area contributed by atoms with Crippen molar-refractivity contribution in [1.82, 2.24) is 0 Å². The van der Waals surface area contributed by atoms with Gasteiger partial charge in [0.25, 0.3) is 5.91 Å². The zero-order valence-corrected chi connectivity index (χ0v) is 12.2. The zero-order chi connectivity index (χ0) is 13.1. The molecule has 0 unspecified atom stereocenters. The van der Waals surface area contributed by atoms with E-state index in [9.17, 15) is 4.79 Å². The third-order valence-electron chi connectivity index (χ3n) is 2.24. The van der Waals surface area contributed by atoms with Crippen LogP contribution < -0.4 is 5.32 Å². The summed E-state index contributed by atoms with van der Waals surface area (Å²) >= 11 is 15.1. The van der Waals surface area contributed by atoms with Gasteiger partial charge in [-0.2, -0.15) is 0 Å². The van der Waals surface area contributed by atoms with Crippen molar-refractivity contribution in [3.05, 3.63) is 62.5 Å². The van der Waals surface area contributed by atoms with Crippen LogP contribution in [0.4, 0.5) is 5.69 Å². The Morgan fingerprint density at radius 2 is 1.67 bits per heavy atom. The van der Waals surface area contributed by atoms with Crippen molar-refractivity contribution >= 4 is 50.7 Å². The second kappa shape index (κ2) is 5.74. The zero-order valence-electron chi connectivity index (χ0n) is 9.08. The number of nitrogens with one attached hydrogen (secondary N) is 1. The molecule has 0 saturated heterocycles. The molecule has 2 aromatic rings. The molecule has 0 fully saturated rings. The summed E-state index contributed by atoms with van der Waals surface area (Å²) in [4.78, 5) is 12.0. The van der Waals surface area contributed by atoms with Gasteiger partial charge in [-0.05, 0) is 46.3 Å². The SMILES string of the molecule is O=C(Nc1cc(Cl)cc(Cl)c1)c1ccccc1Br. The first-order valence-corrected chi connectivity index (χ1v) is 6.63. The van der Waals surface area contributed by atoms with Gasteiger partial charge in [-0.1, -0.05) is 35.3 Å². The molecule has 2 rings (SSSR count). The number of halogens is 3. The number of hydrogen-bond acceptors (Lipinski definition) is 1. The van der Waals surface area contributed by atoms with Crippen molar-refractivity contribution in [2.75, 3.05) is 5.32 Å². The van der Waals surface area contributed by atoms with Crippen LogP contribution in [0.15, 0.2) is 46.9 Å². The lowest BCUT2D eigenvalue weighted by Gasteiger charge is -2.07. The minimum atomic E-state index is -0.221. The van der Waals surface area contributed by atoms with Crippen molar-refractivity contribution in [3.8, 4) is 0 Å². The van der Waals surface area contributed by atoms with Gasteiger partial charge in [0.05, 0.1) is 5.56 Å². The third kappa shape index (κ3) is 3.25. The Bertz CT molecular complexity index is 581. The summed E-state index contributed by atoms with van der Waals surface area (Å²) in [5.74, 6) is -0.221. The van der Waals surface area contributed by atoms with Crippen LogP contribution in [0.3, 0.4) is 0 Å². The van der Waals surface area contributed by atoms with E-state index in [4.69, 9.17) is 23.2 Å². The fraction of sp³-hybridized carbons (Fsp3) is 0. The van der Waals surface area contributed by atoms with Crippen LogP contribution in [-0.2, 0) is 0 Å². The standard InChI is InChI=1S/C13H8BrCl2NO/c14-12-4-2-1-3-11(12)13(18)17-10-6-8(15)5-9(16)7-10/h1-7H,(H,17,18). The molecule has 0 aliphatic rings. The van der Waals surface area contributed by atoms with E-state index in [1.54, 1.807) is 36.4 Å². The Hall–Kier alpha value is -1.03. The van der Waals surface area contributed by atoms with E-state index in [2.05, 4.69) is 21.2 Å². The number of benzene rings is 2. The van der Waals surface area contributed by atoms with Crippen LogP contribution in [0.1, 0.15) is 10.4 Å². The number of carbonyl (C=O) groups is 1. The maximum absolute atomic E-state index is 12.0. The fourth-order valence-electron chi connectivity index (χ4n) is 1.47. The second-order valence-corrected chi connectivity index (χ2v) is 5.32. The molecule has 2 aromatic carbocycles. The molecule has 0 radical (unpaired) electrons. The highest BCUT2D eigenvalue weighted by molar-refractivity contribution is 9.10. The number of hydrogen-bond donors (Lipinski definition) is 1. The highest BCUT2D eigenvalue weighted by Crippen LogP contribution is 2.24. The largest absolute Gasteiger partial charge is 0.322 e. The summed E-state index contributed by atoms with van der Waals surface area (Å²) < 4.78 is 0.732. The summed E-state index contributed by atoms with van der Waals surface area (Å²) in [5, 5.41) is 3.70. The fourth-order valence-corrected chi connectivity index (χ4v) is 2.46. The van der Waals surface area contributed by atoms with Crippen molar-refractivity contribution in [2.45, 2.75) is 0 Å². The number of rotatable bonds is 2. The van der Waals surface area contributed by atoms with Crippen LogP contribution >= 0.6 is 39.1 Å². The average molecular weight is 345 g/mol. The lowest BCUT2D eigenvalue weighted by Crippen LogP contribution is -2.12. The summed E-state index contributed by atoms with van der Waals surface area (Å²) in [7, 11) is 0. The maximum atomic E-state index is 12.0. The van der Waals surface area contributed by atoms with E-state index < -0.39 is 0 Å². The maximum Gasteiger partial charge on any atom is 0.256 e. The van der Waals surface area contributed by atoms with Crippen molar-refractivity contribution < 1.29 is 4.79 Å². The quantitative estimate of drug-likeness (QED) is 0.815. The molecule has 1 amide bonds.